The van der Waals surface area contributed by atoms with Crippen LogP contribution in [0, 0.1) is 0 Å². The third kappa shape index (κ3) is 6.38. The van der Waals surface area contributed by atoms with Gasteiger partial charge in [-0.15, -0.1) is 0 Å². The van der Waals surface area contributed by atoms with Gasteiger partial charge in [0.25, 0.3) is 5.91 Å². The fourth-order valence-corrected chi connectivity index (χ4v) is 2.98. The fourth-order valence-electron chi connectivity index (χ4n) is 2.45. The van der Waals surface area contributed by atoms with E-state index >= 15 is 0 Å². The molecule has 142 valence electrons. The first-order valence-electron chi connectivity index (χ1n) is 8.42. The number of halogens is 2. The molecule has 0 saturated heterocycles. The lowest BCUT2D eigenvalue weighted by Gasteiger charge is -2.25. The maximum Gasteiger partial charge on any atom is 0.252 e. The van der Waals surface area contributed by atoms with Crippen molar-refractivity contribution in [2.45, 2.75) is 25.8 Å². The zero-order valence-corrected chi connectivity index (χ0v) is 16.8. The molecule has 0 atom stereocenters. The highest BCUT2D eigenvalue weighted by molar-refractivity contribution is 6.36. The molecule has 0 aliphatic carbocycles. The van der Waals surface area contributed by atoms with Crippen LogP contribution in [0.4, 0.5) is 0 Å². The van der Waals surface area contributed by atoms with E-state index in [0.29, 0.717) is 27.9 Å². The number of nitrogens with one attached hydrogen (secondary N) is 1. The van der Waals surface area contributed by atoms with E-state index in [2.05, 4.69) is 15.4 Å². The number of nitrogens with zero attached hydrogens (tertiary/aromatic N) is 2. The van der Waals surface area contributed by atoms with Crippen molar-refractivity contribution in [2.75, 3.05) is 6.54 Å². The molecule has 2 aromatic carbocycles. The molecule has 5 nitrogen and oxygen atoms in total. The zero-order valence-electron chi connectivity index (χ0n) is 15.2. The summed E-state index contributed by atoms with van der Waals surface area (Å²) in [4.78, 5) is 16.9. The van der Waals surface area contributed by atoms with Crippen molar-refractivity contribution in [3.8, 4) is 0 Å². The number of amides is 1. The second-order valence-corrected chi connectivity index (χ2v) is 7.40. The quantitative estimate of drug-likeness (QED) is 0.413. The highest BCUT2D eigenvalue weighted by Gasteiger charge is 2.27. The maximum absolute atomic E-state index is 12.5. The van der Waals surface area contributed by atoms with Crippen molar-refractivity contribution in [1.82, 2.24) is 5.32 Å². The van der Waals surface area contributed by atoms with Gasteiger partial charge in [-0.1, -0.05) is 53.5 Å². The first-order valence-corrected chi connectivity index (χ1v) is 9.18. The molecule has 0 saturated carbocycles. The first kappa shape index (κ1) is 20.9. The van der Waals surface area contributed by atoms with Crippen LogP contribution in [0.5, 0.6) is 0 Å². The van der Waals surface area contributed by atoms with E-state index in [1.807, 2.05) is 30.3 Å². The summed E-state index contributed by atoms with van der Waals surface area (Å²) in [5, 5.41) is 7.44. The number of carbonyl (C=O) groups is 1. The van der Waals surface area contributed by atoms with Gasteiger partial charge in [0.2, 0.25) is 0 Å². The van der Waals surface area contributed by atoms with Gasteiger partial charge in [-0.3, -0.25) is 9.79 Å². The second-order valence-electron chi connectivity index (χ2n) is 6.52. The number of carbonyl (C=O) groups excluding carboxylic acids is 1. The summed E-state index contributed by atoms with van der Waals surface area (Å²) in [6, 6.07) is 14.7. The summed E-state index contributed by atoms with van der Waals surface area (Å²) >= 11 is 11.9. The van der Waals surface area contributed by atoms with Gasteiger partial charge in [0, 0.05) is 28.4 Å². The lowest BCUT2D eigenvalue weighted by atomic mass is 9.98. The summed E-state index contributed by atoms with van der Waals surface area (Å²) < 4.78 is 0. The predicted molar refractivity (Wildman–Crippen MR) is 113 cm³/mol. The molecular weight excluding hydrogens is 383 g/mol. The van der Waals surface area contributed by atoms with E-state index in [0.717, 1.165) is 6.42 Å². The minimum absolute atomic E-state index is 0.330. The summed E-state index contributed by atoms with van der Waals surface area (Å²) in [6.07, 6.45) is 2.40. The van der Waals surface area contributed by atoms with E-state index in [-0.39, 0.29) is 5.91 Å². The number of hydrazone groups is 1. The number of aliphatic imine (C=N–C) groups is 1. The third-order valence-electron chi connectivity index (χ3n) is 3.92. The first-order chi connectivity index (χ1) is 12.8. The summed E-state index contributed by atoms with van der Waals surface area (Å²) in [7, 11) is 0. The Morgan fingerprint density at radius 3 is 2.37 bits per heavy atom. The average molecular weight is 405 g/mol. The molecule has 2 rings (SSSR count). The van der Waals surface area contributed by atoms with Crippen molar-refractivity contribution < 1.29 is 4.79 Å². The number of hydrogen-bond donors (Lipinski definition) is 2. The summed E-state index contributed by atoms with van der Waals surface area (Å²) in [5.74, 6) is 5.19. The van der Waals surface area contributed by atoms with Crippen molar-refractivity contribution in [1.29, 1.82) is 0 Å². The van der Waals surface area contributed by atoms with E-state index in [1.54, 1.807) is 38.3 Å². The third-order valence-corrected chi connectivity index (χ3v) is 4.35. The van der Waals surface area contributed by atoms with Crippen LogP contribution in [0.15, 0.2) is 58.6 Å². The average Bonchev–Trinajstić information content (AvgIpc) is 2.61. The van der Waals surface area contributed by atoms with Gasteiger partial charge in [0.15, 0.2) is 0 Å². The molecule has 0 aromatic heterocycles. The van der Waals surface area contributed by atoms with E-state index in [9.17, 15) is 4.79 Å². The molecule has 0 unspecified atom stereocenters. The number of rotatable bonds is 7. The molecule has 0 heterocycles. The normalized spacial score (nSPS) is 12.4. The van der Waals surface area contributed by atoms with E-state index < -0.39 is 5.54 Å². The Kier molecular flexibility index (Phi) is 7.39. The van der Waals surface area contributed by atoms with Gasteiger partial charge in [0.05, 0.1) is 5.54 Å². The number of nitrogens with two attached hydrogens (primary N) is 1. The second kappa shape index (κ2) is 9.53. The largest absolute Gasteiger partial charge is 0.341 e. The summed E-state index contributed by atoms with van der Waals surface area (Å²) in [5.41, 5.74) is 1.19. The van der Waals surface area contributed by atoms with Crippen molar-refractivity contribution in [3.05, 3.63) is 69.7 Å². The topological polar surface area (TPSA) is 79.8 Å². The van der Waals surface area contributed by atoms with Gasteiger partial charge in [-0.2, -0.15) is 5.10 Å². The molecule has 1 amide bonds. The van der Waals surface area contributed by atoms with E-state index in [1.165, 1.54) is 5.56 Å². The zero-order chi connectivity index (χ0) is 19.9. The van der Waals surface area contributed by atoms with Crippen LogP contribution in [-0.2, 0) is 6.42 Å². The molecule has 0 spiro atoms. The molecule has 2 aromatic rings. The number of hydrogen-bond acceptors (Lipinski definition) is 4. The monoisotopic (exact) mass is 404 g/mol. The molecule has 0 bridgehead atoms. The standard InChI is InChI=1S/C20H22Cl2N4O/c1-20(2,25-19(27)15-10-16(21)12-17(22)11-15)18(26-23)13-24-9-8-14-6-4-3-5-7-14/h3-7,10-13H,8-9,23H2,1-2H3,(H,25,27)/b24-13?,26-18+. The Morgan fingerprint density at radius 2 is 1.78 bits per heavy atom. The van der Waals surface area contributed by atoms with Crippen molar-refractivity contribution >= 4 is 41.0 Å². The SMILES string of the molecule is CC(C)(NC(=O)c1cc(Cl)cc(Cl)c1)/C(C=NCCc1ccccc1)=N/N. The molecule has 0 radical (unpaired) electrons. The van der Waals surface area contributed by atoms with Gasteiger partial charge in [-0.05, 0) is 44.0 Å². The molecule has 0 fully saturated rings. The maximum atomic E-state index is 12.5. The van der Waals surface area contributed by atoms with Crippen LogP contribution in [0.1, 0.15) is 29.8 Å². The predicted octanol–water partition coefficient (Wildman–Crippen LogP) is 4.13. The van der Waals surface area contributed by atoms with E-state index in [4.69, 9.17) is 29.0 Å². The molecule has 27 heavy (non-hydrogen) atoms. The Labute approximate surface area is 169 Å². The Balaban J connectivity index is 2.01. The molecular formula is C20H22Cl2N4O. The van der Waals surface area contributed by atoms with Gasteiger partial charge in [0.1, 0.15) is 5.71 Å². The van der Waals surface area contributed by atoms with Gasteiger partial charge >= 0.3 is 0 Å². The fraction of sp³-hybridized carbons (Fsp3) is 0.250. The smallest absolute Gasteiger partial charge is 0.252 e. The van der Waals surface area contributed by atoms with Crippen molar-refractivity contribution in [3.63, 3.8) is 0 Å². The van der Waals surface area contributed by atoms with Crippen molar-refractivity contribution in [2.24, 2.45) is 15.9 Å². The van der Waals surface area contributed by atoms with Crippen LogP contribution in [0.2, 0.25) is 10.0 Å². The van der Waals surface area contributed by atoms with Crippen LogP contribution in [0.3, 0.4) is 0 Å². The lowest BCUT2D eigenvalue weighted by molar-refractivity contribution is 0.0932. The molecule has 0 aliphatic rings. The minimum atomic E-state index is -0.823. The highest BCUT2D eigenvalue weighted by atomic mass is 35.5. The van der Waals surface area contributed by atoms with Crippen LogP contribution in [0.25, 0.3) is 0 Å². The minimum Gasteiger partial charge on any atom is -0.341 e. The Hall–Kier alpha value is -2.37. The van der Waals surface area contributed by atoms with Gasteiger partial charge < -0.3 is 11.2 Å². The highest BCUT2D eigenvalue weighted by Crippen LogP contribution is 2.19. The Bertz CT molecular complexity index is 828. The Morgan fingerprint density at radius 1 is 1.15 bits per heavy atom. The van der Waals surface area contributed by atoms with Crippen LogP contribution < -0.4 is 11.2 Å². The van der Waals surface area contributed by atoms with Gasteiger partial charge in [-0.25, -0.2) is 0 Å². The molecule has 3 N–H and O–H groups in total. The molecule has 0 aliphatic heterocycles. The lowest BCUT2D eigenvalue weighted by Crippen LogP contribution is -2.50. The summed E-state index contributed by atoms with van der Waals surface area (Å²) in [6.45, 7) is 4.19. The van der Waals surface area contributed by atoms with Crippen LogP contribution in [-0.4, -0.2) is 29.9 Å². The van der Waals surface area contributed by atoms with Crippen LogP contribution >= 0.6 is 23.2 Å². The molecule has 7 heteroatoms. The number of benzene rings is 2.